The van der Waals surface area contributed by atoms with Gasteiger partial charge in [-0.3, -0.25) is 8.99 Å². The molecule has 2 aromatic heterocycles. The first kappa shape index (κ1) is 17.2. The van der Waals surface area contributed by atoms with E-state index in [0.29, 0.717) is 35.1 Å². The van der Waals surface area contributed by atoms with Crippen LogP contribution >= 0.6 is 11.6 Å². The third-order valence-corrected chi connectivity index (χ3v) is 6.57. The van der Waals surface area contributed by atoms with Crippen LogP contribution in [0.1, 0.15) is 17.7 Å². The van der Waals surface area contributed by atoms with Crippen LogP contribution in [0.2, 0.25) is 5.02 Å². The van der Waals surface area contributed by atoms with E-state index in [0.717, 1.165) is 10.4 Å². The molecule has 3 aromatic rings. The summed E-state index contributed by atoms with van der Waals surface area (Å²) in [5.41, 5.74) is 1.95. The third-order valence-electron chi connectivity index (χ3n) is 4.59. The standard InChI is InChI=1S/C17H16ClFN4O2S/c1-10-14-8-13(9-20-17(14)22(2)21-10)26(24,25)23-5-3-4-11-6-12(18)7-15(19)16(11)23/h6-9H,3-5H2,1-2H3. The topological polar surface area (TPSA) is 68.1 Å². The summed E-state index contributed by atoms with van der Waals surface area (Å²) in [7, 11) is -2.21. The molecule has 9 heteroatoms. The lowest BCUT2D eigenvalue weighted by molar-refractivity contribution is 0.577. The van der Waals surface area contributed by atoms with Crippen LogP contribution in [0.3, 0.4) is 0 Å². The van der Waals surface area contributed by atoms with Crippen molar-refractivity contribution in [1.29, 1.82) is 0 Å². The Bertz CT molecular complexity index is 1140. The number of sulfonamides is 1. The number of pyridine rings is 1. The smallest absolute Gasteiger partial charge is 0.263 e. The molecule has 0 fully saturated rings. The summed E-state index contributed by atoms with van der Waals surface area (Å²) in [4.78, 5) is 4.25. The number of aromatic nitrogens is 3. The fourth-order valence-electron chi connectivity index (χ4n) is 3.41. The zero-order valence-corrected chi connectivity index (χ0v) is 15.8. The predicted octanol–water partition coefficient (Wildman–Crippen LogP) is 3.21. The molecular weight excluding hydrogens is 379 g/mol. The molecular formula is C17H16ClFN4O2S. The van der Waals surface area contributed by atoms with Gasteiger partial charge in [0.15, 0.2) is 5.65 Å². The van der Waals surface area contributed by atoms with Gasteiger partial charge in [-0.2, -0.15) is 5.10 Å². The van der Waals surface area contributed by atoms with Crippen LogP contribution in [-0.4, -0.2) is 29.7 Å². The van der Waals surface area contributed by atoms with E-state index in [2.05, 4.69) is 10.1 Å². The average molecular weight is 395 g/mol. The minimum atomic E-state index is -3.96. The van der Waals surface area contributed by atoms with Crippen LogP contribution in [0.25, 0.3) is 11.0 Å². The number of aryl methyl sites for hydroxylation is 3. The summed E-state index contributed by atoms with van der Waals surface area (Å²) < 4.78 is 43.7. The Morgan fingerprint density at radius 2 is 2.04 bits per heavy atom. The summed E-state index contributed by atoms with van der Waals surface area (Å²) in [5, 5.41) is 5.17. The van der Waals surface area contributed by atoms with E-state index in [1.165, 1.54) is 6.20 Å². The second-order valence-electron chi connectivity index (χ2n) is 6.33. The molecule has 26 heavy (non-hydrogen) atoms. The summed E-state index contributed by atoms with van der Waals surface area (Å²) in [5.74, 6) is -0.637. The van der Waals surface area contributed by atoms with Crippen LogP contribution in [-0.2, 0) is 23.5 Å². The first-order valence-electron chi connectivity index (χ1n) is 8.09. The van der Waals surface area contributed by atoms with Crippen LogP contribution in [0.5, 0.6) is 0 Å². The van der Waals surface area contributed by atoms with Gasteiger partial charge in [-0.05, 0) is 43.5 Å². The SMILES string of the molecule is Cc1nn(C)c2ncc(S(=O)(=O)N3CCCc4cc(Cl)cc(F)c43)cc12. The van der Waals surface area contributed by atoms with Crippen LogP contribution in [0, 0.1) is 12.7 Å². The highest BCUT2D eigenvalue weighted by molar-refractivity contribution is 7.92. The molecule has 1 aliphatic rings. The summed E-state index contributed by atoms with van der Waals surface area (Å²) in [6.45, 7) is 2.00. The van der Waals surface area contributed by atoms with Gasteiger partial charge in [0.1, 0.15) is 10.7 Å². The highest BCUT2D eigenvalue weighted by Gasteiger charge is 2.32. The monoisotopic (exact) mass is 394 g/mol. The van der Waals surface area contributed by atoms with E-state index in [-0.39, 0.29) is 22.2 Å². The molecule has 3 heterocycles. The Kier molecular flexibility index (Phi) is 3.92. The fourth-order valence-corrected chi connectivity index (χ4v) is 5.16. The lowest BCUT2D eigenvalue weighted by Gasteiger charge is -2.30. The highest BCUT2D eigenvalue weighted by atomic mass is 35.5. The first-order chi connectivity index (χ1) is 12.3. The second kappa shape index (κ2) is 5.92. The molecule has 0 aliphatic carbocycles. The van der Waals surface area contributed by atoms with Crippen molar-refractivity contribution in [1.82, 2.24) is 14.8 Å². The van der Waals surface area contributed by atoms with Crippen molar-refractivity contribution in [2.45, 2.75) is 24.7 Å². The Hall–Kier alpha value is -2.19. The van der Waals surface area contributed by atoms with Crippen molar-refractivity contribution in [3.05, 3.63) is 46.5 Å². The molecule has 0 spiro atoms. The lowest BCUT2D eigenvalue weighted by Crippen LogP contribution is -2.36. The van der Waals surface area contributed by atoms with Gasteiger partial charge < -0.3 is 0 Å². The van der Waals surface area contributed by atoms with E-state index in [1.54, 1.807) is 30.8 Å². The van der Waals surface area contributed by atoms with Gasteiger partial charge in [0.25, 0.3) is 10.0 Å². The maximum atomic E-state index is 14.5. The van der Waals surface area contributed by atoms with E-state index in [9.17, 15) is 12.8 Å². The van der Waals surface area contributed by atoms with Crippen molar-refractivity contribution in [2.24, 2.45) is 7.05 Å². The summed E-state index contributed by atoms with van der Waals surface area (Å²) in [6, 6.07) is 4.30. The van der Waals surface area contributed by atoms with Crippen LogP contribution in [0.4, 0.5) is 10.1 Å². The number of halogens is 2. The fraction of sp³-hybridized carbons (Fsp3) is 0.294. The highest BCUT2D eigenvalue weighted by Crippen LogP contribution is 2.36. The van der Waals surface area contributed by atoms with Crippen LogP contribution in [0.15, 0.2) is 29.3 Å². The molecule has 0 atom stereocenters. The first-order valence-corrected chi connectivity index (χ1v) is 9.91. The molecule has 0 N–H and O–H groups in total. The van der Waals surface area contributed by atoms with Crippen molar-refractivity contribution >= 4 is 38.3 Å². The maximum absolute atomic E-state index is 14.5. The second-order valence-corrected chi connectivity index (χ2v) is 8.63. The Balaban J connectivity index is 1.88. The molecule has 0 saturated heterocycles. The largest absolute Gasteiger partial charge is 0.265 e. The molecule has 4 rings (SSSR count). The third kappa shape index (κ3) is 2.55. The van der Waals surface area contributed by atoms with E-state index in [4.69, 9.17) is 11.6 Å². The number of hydrogen-bond donors (Lipinski definition) is 0. The molecule has 0 amide bonds. The van der Waals surface area contributed by atoms with E-state index < -0.39 is 15.8 Å². The molecule has 0 bridgehead atoms. The molecule has 1 aliphatic heterocycles. The Morgan fingerprint density at radius 1 is 1.27 bits per heavy atom. The minimum Gasteiger partial charge on any atom is -0.263 e. The van der Waals surface area contributed by atoms with E-state index in [1.807, 2.05) is 0 Å². The molecule has 0 saturated carbocycles. The van der Waals surface area contributed by atoms with Gasteiger partial charge in [-0.15, -0.1) is 0 Å². The van der Waals surface area contributed by atoms with Gasteiger partial charge >= 0.3 is 0 Å². The normalized spacial score (nSPS) is 14.7. The predicted molar refractivity (Wildman–Crippen MR) is 97.5 cm³/mol. The number of anilines is 1. The molecule has 0 unspecified atom stereocenters. The number of benzene rings is 1. The molecule has 136 valence electrons. The van der Waals surface area contributed by atoms with Crippen LogP contribution < -0.4 is 4.31 Å². The lowest BCUT2D eigenvalue weighted by atomic mass is 10.0. The van der Waals surface area contributed by atoms with Crippen molar-refractivity contribution in [2.75, 3.05) is 10.8 Å². The van der Waals surface area contributed by atoms with Gasteiger partial charge in [0.2, 0.25) is 0 Å². The van der Waals surface area contributed by atoms with Crippen molar-refractivity contribution < 1.29 is 12.8 Å². The zero-order chi connectivity index (χ0) is 18.6. The Labute approximate surface area is 155 Å². The van der Waals surface area contributed by atoms with Crippen molar-refractivity contribution in [3.63, 3.8) is 0 Å². The van der Waals surface area contributed by atoms with Gasteiger partial charge in [0.05, 0.1) is 11.4 Å². The van der Waals surface area contributed by atoms with Gasteiger partial charge in [-0.1, -0.05) is 11.6 Å². The quantitative estimate of drug-likeness (QED) is 0.669. The maximum Gasteiger partial charge on any atom is 0.265 e. The average Bonchev–Trinajstić information content (AvgIpc) is 2.88. The molecule has 6 nitrogen and oxygen atoms in total. The number of fused-ring (bicyclic) bond motifs is 2. The summed E-state index contributed by atoms with van der Waals surface area (Å²) >= 11 is 5.92. The summed E-state index contributed by atoms with van der Waals surface area (Å²) in [6.07, 6.45) is 2.46. The van der Waals surface area contributed by atoms with E-state index >= 15 is 0 Å². The Morgan fingerprint density at radius 3 is 2.81 bits per heavy atom. The molecule has 0 radical (unpaired) electrons. The number of nitrogens with zero attached hydrogens (tertiary/aromatic N) is 4. The zero-order valence-electron chi connectivity index (χ0n) is 14.2. The minimum absolute atomic E-state index is 0.0169. The molecule has 1 aromatic carbocycles. The van der Waals surface area contributed by atoms with Crippen molar-refractivity contribution in [3.8, 4) is 0 Å². The number of hydrogen-bond acceptors (Lipinski definition) is 4. The van der Waals surface area contributed by atoms with Gasteiger partial charge in [0, 0.05) is 30.2 Å². The van der Waals surface area contributed by atoms with Gasteiger partial charge in [-0.25, -0.2) is 17.8 Å². The number of rotatable bonds is 2.